The Morgan fingerprint density at radius 2 is 2.03 bits per heavy atom. The molecule has 7 nitrogen and oxygen atoms in total. The molecule has 1 fully saturated rings. The summed E-state index contributed by atoms with van der Waals surface area (Å²) in [6, 6.07) is 9.27. The van der Waals surface area contributed by atoms with Crippen LogP contribution in [0.1, 0.15) is 18.2 Å². The third-order valence-corrected chi connectivity index (χ3v) is 6.05. The molecule has 0 saturated carbocycles. The third kappa shape index (κ3) is 4.18. The summed E-state index contributed by atoms with van der Waals surface area (Å²) in [5.74, 6) is 0. The molecule has 1 aliphatic rings. The molecular formula is C22H24Cl2N4O3. The van der Waals surface area contributed by atoms with Gasteiger partial charge in [0.05, 0.1) is 46.3 Å². The number of carboxylic acid groups (broad SMARTS) is 1. The van der Waals surface area contributed by atoms with E-state index in [0.717, 1.165) is 33.7 Å². The van der Waals surface area contributed by atoms with Crippen molar-refractivity contribution in [1.82, 2.24) is 14.5 Å². The molecule has 0 radical (unpaired) electrons. The lowest BCUT2D eigenvalue weighted by Crippen LogP contribution is -2.34. The van der Waals surface area contributed by atoms with E-state index in [4.69, 9.17) is 33.0 Å². The zero-order valence-corrected chi connectivity index (χ0v) is 19.0. The van der Waals surface area contributed by atoms with Crippen LogP contribution in [0.3, 0.4) is 0 Å². The molecule has 2 atom stereocenters. The summed E-state index contributed by atoms with van der Waals surface area (Å²) in [4.78, 5) is 12.9. The molecule has 0 unspecified atom stereocenters. The second kappa shape index (κ2) is 8.57. The number of halogens is 2. The lowest BCUT2D eigenvalue weighted by molar-refractivity contribution is 0.0629. The highest BCUT2D eigenvalue weighted by Crippen LogP contribution is 2.36. The van der Waals surface area contributed by atoms with Gasteiger partial charge >= 0.3 is 6.09 Å². The molecule has 31 heavy (non-hydrogen) atoms. The summed E-state index contributed by atoms with van der Waals surface area (Å²) >= 11 is 12.6. The van der Waals surface area contributed by atoms with Gasteiger partial charge in [-0.05, 0) is 56.7 Å². The SMILES string of the molecule is CCO[C@H]1CN(C(=O)O)C[C@H]1Nc1cc(C)nn2c(-c3ccc(Cl)cc3Cl)c(C)cc12. The van der Waals surface area contributed by atoms with Gasteiger partial charge in [-0.25, -0.2) is 9.31 Å². The number of likely N-dealkylation sites (tertiary alicyclic amines) is 1. The fraction of sp³-hybridized carbons (Fsp3) is 0.364. The van der Waals surface area contributed by atoms with Gasteiger partial charge in [-0.15, -0.1) is 0 Å². The minimum absolute atomic E-state index is 0.167. The first-order valence-corrected chi connectivity index (χ1v) is 10.9. The summed E-state index contributed by atoms with van der Waals surface area (Å²) in [6.45, 7) is 7.05. The minimum Gasteiger partial charge on any atom is -0.465 e. The van der Waals surface area contributed by atoms with Crippen molar-refractivity contribution in [3.8, 4) is 11.3 Å². The number of fused-ring (bicyclic) bond motifs is 1. The quantitative estimate of drug-likeness (QED) is 0.550. The Bertz CT molecular complexity index is 1150. The number of amides is 1. The minimum atomic E-state index is -0.941. The molecule has 3 aromatic rings. The van der Waals surface area contributed by atoms with Crippen LogP contribution in [0.2, 0.25) is 10.0 Å². The molecular weight excluding hydrogens is 439 g/mol. The average molecular weight is 463 g/mol. The number of aromatic nitrogens is 2. The van der Waals surface area contributed by atoms with Crippen LogP contribution in [0.5, 0.6) is 0 Å². The molecule has 0 bridgehead atoms. The Morgan fingerprint density at radius 1 is 1.26 bits per heavy atom. The van der Waals surface area contributed by atoms with Crippen LogP contribution in [-0.2, 0) is 4.74 Å². The van der Waals surface area contributed by atoms with Crippen LogP contribution in [-0.4, -0.2) is 57.6 Å². The van der Waals surface area contributed by atoms with Gasteiger partial charge in [0.15, 0.2) is 0 Å². The number of hydrogen-bond acceptors (Lipinski definition) is 4. The summed E-state index contributed by atoms with van der Waals surface area (Å²) in [5.41, 5.74) is 5.33. The molecule has 1 saturated heterocycles. The van der Waals surface area contributed by atoms with Gasteiger partial charge in [-0.2, -0.15) is 5.10 Å². The molecule has 3 heterocycles. The third-order valence-electron chi connectivity index (χ3n) is 5.50. The maximum atomic E-state index is 11.5. The number of nitrogens with one attached hydrogen (secondary N) is 1. The first-order chi connectivity index (χ1) is 14.8. The van der Waals surface area contributed by atoms with Crippen molar-refractivity contribution in [2.24, 2.45) is 0 Å². The molecule has 1 aromatic carbocycles. The lowest BCUT2D eigenvalue weighted by Gasteiger charge is -2.21. The summed E-state index contributed by atoms with van der Waals surface area (Å²) in [7, 11) is 0. The summed E-state index contributed by atoms with van der Waals surface area (Å²) < 4.78 is 7.69. The molecule has 4 rings (SSSR count). The molecule has 2 aromatic heterocycles. The Kier molecular flexibility index (Phi) is 6.01. The molecule has 0 spiro atoms. The number of anilines is 1. The molecule has 1 aliphatic heterocycles. The highest BCUT2D eigenvalue weighted by Gasteiger charge is 2.36. The zero-order valence-electron chi connectivity index (χ0n) is 17.5. The van der Waals surface area contributed by atoms with E-state index in [0.29, 0.717) is 29.7 Å². The Hall–Kier alpha value is -2.48. The van der Waals surface area contributed by atoms with Gasteiger partial charge in [-0.1, -0.05) is 23.2 Å². The molecule has 164 valence electrons. The molecule has 2 N–H and O–H groups in total. The van der Waals surface area contributed by atoms with Gasteiger partial charge in [-0.3, -0.25) is 0 Å². The predicted octanol–water partition coefficient (Wildman–Crippen LogP) is 5.10. The van der Waals surface area contributed by atoms with E-state index in [1.807, 2.05) is 43.5 Å². The number of rotatable bonds is 5. The van der Waals surface area contributed by atoms with E-state index in [2.05, 4.69) is 11.4 Å². The maximum Gasteiger partial charge on any atom is 0.407 e. The smallest absolute Gasteiger partial charge is 0.407 e. The van der Waals surface area contributed by atoms with E-state index < -0.39 is 6.09 Å². The molecule has 1 amide bonds. The second-order valence-electron chi connectivity index (χ2n) is 7.73. The van der Waals surface area contributed by atoms with Crippen LogP contribution in [0.15, 0.2) is 30.3 Å². The van der Waals surface area contributed by atoms with Gasteiger partial charge in [0.1, 0.15) is 0 Å². The van der Waals surface area contributed by atoms with Gasteiger partial charge in [0, 0.05) is 23.7 Å². The predicted molar refractivity (Wildman–Crippen MR) is 123 cm³/mol. The Morgan fingerprint density at radius 3 is 2.71 bits per heavy atom. The van der Waals surface area contributed by atoms with Crippen LogP contribution in [0.4, 0.5) is 10.5 Å². The first kappa shape index (κ1) is 21.7. The van der Waals surface area contributed by atoms with E-state index in [9.17, 15) is 9.90 Å². The van der Waals surface area contributed by atoms with Crippen LogP contribution >= 0.6 is 23.2 Å². The topological polar surface area (TPSA) is 79.1 Å². The highest BCUT2D eigenvalue weighted by molar-refractivity contribution is 6.36. The Balaban J connectivity index is 1.77. The van der Waals surface area contributed by atoms with Gasteiger partial charge in [0.25, 0.3) is 0 Å². The number of benzene rings is 1. The monoisotopic (exact) mass is 462 g/mol. The largest absolute Gasteiger partial charge is 0.465 e. The average Bonchev–Trinajstić information content (AvgIpc) is 3.23. The summed E-state index contributed by atoms with van der Waals surface area (Å²) in [6.07, 6.45) is -1.17. The van der Waals surface area contributed by atoms with E-state index in [1.54, 1.807) is 6.07 Å². The van der Waals surface area contributed by atoms with Crippen molar-refractivity contribution < 1.29 is 14.6 Å². The van der Waals surface area contributed by atoms with Crippen LogP contribution in [0.25, 0.3) is 16.8 Å². The van der Waals surface area contributed by atoms with Crippen molar-refractivity contribution in [1.29, 1.82) is 0 Å². The first-order valence-electron chi connectivity index (χ1n) is 10.1. The van der Waals surface area contributed by atoms with Gasteiger partial charge < -0.3 is 20.1 Å². The van der Waals surface area contributed by atoms with Gasteiger partial charge in [0.2, 0.25) is 0 Å². The van der Waals surface area contributed by atoms with Crippen LogP contribution < -0.4 is 5.32 Å². The number of aryl methyl sites for hydroxylation is 2. The maximum absolute atomic E-state index is 11.5. The molecule has 0 aliphatic carbocycles. The van der Waals surface area contributed by atoms with Crippen molar-refractivity contribution in [2.75, 3.05) is 25.0 Å². The number of carbonyl (C=O) groups is 1. The summed E-state index contributed by atoms with van der Waals surface area (Å²) in [5, 5.41) is 18.8. The second-order valence-corrected chi connectivity index (χ2v) is 8.57. The number of nitrogens with zero attached hydrogens (tertiary/aromatic N) is 3. The van der Waals surface area contributed by atoms with Crippen molar-refractivity contribution >= 4 is 40.5 Å². The Labute approximate surface area is 190 Å². The number of ether oxygens (including phenoxy) is 1. The van der Waals surface area contributed by atoms with Crippen molar-refractivity contribution in [2.45, 2.75) is 32.9 Å². The van der Waals surface area contributed by atoms with Crippen molar-refractivity contribution in [3.63, 3.8) is 0 Å². The zero-order chi connectivity index (χ0) is 22.3. The fourth-order valence-electron chi connectivity index (χ4n) is 4.16. The van der Waals surface area contributed by atoms with E-state index in [-0.39, 0.29) is 12.1 Å². The standard InChI is InChI=1S/C22H24Cl2N4O3/c1-4-31-20-11-27(22(29)30)10-18(20)25-17-8-13(3)26-28-19(17)7-12(2)21(28)15-6-5-14(23)9-16(15)24/h5-9,18,20,25H,4,10-11H2,1-3H3,(H,29,30)/t18-,20+/m1/s1. The lowest BCUT2D eigenvalue weighted by atomic mass is 10.1. The van der Waals surface area contributed by atoms with E-state index >= 15 is 0 Å². The number of hydrogen-bond donors (Lipinski definition) is 2. The van der Waals surface area contributed by atoms with Crippen LogP contribution in [0, 0.1) is 13.8 Å². The fourth-order valence-corrected chi connectivity index (χ4v) is 4.66. The normalized spacial score (nSPS) is 18.7. The highest BCUT2D eigenvalue weighted by atomic mass is 35.5. The van der Waals surface area contributed by atoms with E-state index in [1.165, 1.54) is 4.90 Å². The van der Waals surface area contributed by atoms with Crippen molar-refractivity contribution in [3.05, 3.63) is 51.6 Å². The molecule has 9 heteroatoms.